The molecule has 0 radical (unpaired) electrons. The molecule has 2 N–H and O–H groups in total. The molecular formula is C19H20N4O4S. The van der Waals surface area contributed by atoms with Crippen molar-refractivity contribution in [2.45, 2.75) is 32.0 Å². The highest BCUT2D eigenvalue weighted by atomic mass is 32.2. The number of aliphatic carboxylic acids is 1. The molecule has 146 valence electrons. The average Bonchev–Trinajstić information content (AvgIpc) is 3.26. The van der Waals surface area contributed by atoms with Gasteiger partial charge in [-0.3, -0.25) is 9.89 Å². The number of H-pyrrole nitrogens is 1. The van der Waals surface area contributed by atoms with Gasteiger partial charge in [0, 0.05) is 29.1 Å². The average molecular weight is 400 g/mol. The Morgan fingerprint density at radius 2 is 2.11 bits per heavy atom. The quantitative estimate of drug-likeness (QED) is 0.340. The van der Waals surface area contributed by atoms with Crippen LogP contribution in [0.15, 0.2) is 40.5 Å². The van der Waals surface area contributed by atoms with E-state index in [-0.39, 0.29) is 17.4 Å². The molecule has 9 heteroatoms. The molecule has 0 aliphatic rings. The molecule has 0 spiro atoms. The number of aromatic amines is 1. The lowest BCUT2D eigenvalue weighted by Gasteiger charge is -2.04. The summed E-state index contributed by atoms with van der Waals surface area (Å²) in [6, 6.07) is 7.49. The standard InChI is InChI=1S/C19H20N4O4S/c1-3-16-20-19(22-21-16)28-15(18(25)26)9-12-10-23(11-17(24)27-4-2)14-8-6-5-7-13(12)14/h5-10H,3-4,11H2,1-2H3,(H,25,26)(H,20,21,22)/b15-9-. The molecule has 0 amide bonds. The van der Waals surface area contributed by atoms with Gasteiger partial charge in [-0.2, -0.15) is 0 Å². The highest BCUT2D eigenvalue weighted by Gasteiger charge is 2.16. The first-order valence-corrected chi connectivity index (χ1v) is 9.61. The lowest BCUT2D eigenvalue weighted by molar-refractivity contribution is -0.143. The van der Waals surface area contributed by atoms with Gasteiger partial charge in [-0.15, -0.1) is 5.10 Å². The summed E-state index contributed by atoms with van der Waals surface area (Å²) in [5.74, 6) is -0.729. The van der Waals surface area contributed by atoms with Crippen LogP contribution in [0.5, 0.6) is 0 Å². The SMILES string of the molecule is CCOC(=O)Cn1cc(/C=C(\Sc2n[nH]c(CC)n2)C(=O)O)c2ccccc21. The lowest BCUT2D eigenvalue weighted by atomic mass is 10.1. The van der Waals surface area contributed by atoms with Crippen LogP contribution in [0.25, 0.3) is 17.0 Å². The van der Waals surface area contributed by atoms with Crippen LogP contribution >= 0.6 is 11.8 Å². The van der Waals surface area contributed by atoms with Gasteiger partial charge in [0.2, 0.25) is 5.16 Å². The Bertz CT molecular complexity index is 1040. The Labute approximate surface area is 165 Å². The number of hydrogen-bond acceptors (Lipinski definition) is 6. The number of carboxylic acids is 1. The van der Waals surface area contributed by atoms with Crippen molar-refractivity contribution in [3.63, 3.8) is 0 Å². The number of rotatable bonds is 8. The Morgan fingerprint density at radius 3 is 2.79 bits per heavy atom. The predicted octanol–water partition coefficient (Wildman–Crippen LogP) is 3.10. The van der Waals surface area contributed by atoms with E-state index in [9.17, 15) is 14.7 Å². The molecule has 0 fully saturated rings. The zero-order valence-corrected chi connectivity index (χ0v) is 16.3. The maximum Gasteiger partial charge on any atom is 0.342 e. The molecular weight excluding hydrogens is 380 g/mol. The molecule has 2 aromatic heterocycles. The number of nitrogens with one attached hydrogen (secondary N) is 1. The number of esters is 1. The molecule has 0 saturated carbocycles. The van der Waals surface area contributed by atoms with Crippen LogP contribution in [0.4, 0.5) is 0 Å². The maximum atomic E-state index is 11.9. The number of aromatic nitrogens is 4. The van der Waals surface area contributed by atoms with Gasteiger partial charge in [0.1, 0.15) is 17.3 Å². The van der Waals surface area contributed by atoms with Crippen LogP contribution in [-0.2, 0) is 27.3 Å². The topological polar surface area (TPSA) is 110 Å². The van der Waals surface area contributed by atoms with Crippen LogP contribution < -0.4 is 0 Å². The summed E-state index contributed by atoms with van der Waals surface area (Å²) < 4.78 is 6.78. The zero-order valence-electron chi connectivity index (χ0n) is 15.5. The summed E-state index contributed by atoms with van der Waals surface area (Å²) in [6.07, 6.45) is 4.00. The summed E-state index contributed by atoms with van der Waals surface area (Å²) in [5, 5.41) is 17.6. The second-order valence-corrected chi connectivity index (χ2v) is 6.88. The van der Waals surface area contributed by atoms with Crippen molar-refractivity contribution in [2.75, 3.05) is 6.61 Å². The van der Waals surface area contributed by atoms with Crippen LogP contribution in [0, 0.1) is 0 Å². The number of aryl methyl sites for hydroxylation is 1. The first-order valence-electron chi connectivity index (χ1n) is 8.79. The number of benzene rings is 1. The number of para-hydroxylation sites is 1. The van der Waals surface area contributed by atoms with Gasteiger partial charge >= 0.3 is 11.9 Å². The van der Waals surface area contributed by atoms with Gasteiger partial charge in [-0.05, 0) is 30.8 Å². The van der Waals surface area contributed by atoms with E-state index < -0.39 is 5.97 Å². The summed E-state index contributed by atoms with van der Waals surface area (Å²) in [6.45, 7) is 4.05. The van der Waals surface area contributed by atoms with Crippen molar-refractivity contribution in [1.82, 2.24) is 19.7 Å². The monoisotopic (exact) mass is 400 g/mol. The van der Waals surface area contributed by atoms with E-state index in [1.807, 2.05) is 31.2 Å². The van der Waals surface area contributed by atoms with Gasteiger partial charge < -0.3 is 14.4 Å². The van der Waals surface area contributed by atoms with Crippen LogP contribution in [-0.4, -0.2) is 43.4 Å². The number of thioether (sulfide) groups is 1. The molecule has 8 nitrogen and oxygen atoms in total. The largest absolute Gasteiger partial charge is 0.477 e. The molecule has 0 unspecified atom stereocenters. The smallest absolute Gasteiger partial charge is 0.342 e. The van der Waals surface area contributed by atoms with E-state index in [0.717, 1.165) is 22.7 Å². The third-order valence-corrected chi connectivity index (χ3v) is 4.85. The number of ether oxygens (including phenoxy) is 1. The Balaban J connectivity index is 1.97. The van der Waals surface area contributed by atoms with Gasteiger partial charge in [-0.25, -0.2) is 9.78 Å². The molecule has 0 bridgehead atoms. The molecule has 3 aromatic rings. The molecule has 0 aliphatic carbocycles. The minimum absolute atomic E-state index is 0.0541. The fourth-order valence-electron chi connectivity index (χ4n) is 2.72. The Morgan fingerprint density at radius 1 is 1.32 bits per heavy atom. The van der Waals surface area contributed by atoms with Crippen molar-refractivity contribution in [3.8, 4) is 0 Å². The van der Waals surface area contributed by atoms with E-state index in [1.54, 1.807) is 23.8 Å². The van der Waals surface area contributed by atoms with E-state index in [0.29, 0.717) is 29.6 Å². The van der Waals surface area contributed by atoms with Crippen molar-refractivity contribution in [2.24, 2.45) is 0 Å². The van der Waals surface area contributed by atoms with Gasteiger partial charge in [0.15, 0.2) is 0 Å². The maximum absolute atomic E-state index is 11.9. The number of carboxylic acid groups (broad SMARTS) is 1. The van der Waals surface area contributed by atoms with Crippen molar-refractivity contribution < 1.29 is 19.4 Å². The molecule has 1 aromatic carbocycles. The molecule has 0 atom stereocenters. The fourth-order valence-corrected chi connectivity index (χ4v) is 3.44. The molecule has 28 heavy (non-hydrogen) atoms. The van der Waals surface area contributed by atoms with E-state index in [2.05, 4.69) is 15.2 Å². The van der Waals surface area contributed by atoms with Crippen LogP contribution in [0.3, 0.4) is 0 Å². The summed E-state index contributed by atoms with van der Waals surface area (Å²) in [5.41, 5.74) is 1.51. The van der Waals surface area contributed by atoms with Crippen molar-refractivity contribution in [1.29, 1.82) is 0 Å². The second-order valence-electron chi connectivity index (χ2n) is 5.87. The minimum atomic E-state index is -1.07. The third kappa shape index (κ3) is 4.42. The first kappa shape index (κ1) is 19.7. The lowest BCUT2D eigenvalue weighted by Crippen LogP contribution is -2.12. The highest BCUT2D eigenvalue weighted by Crippen LogP contribution is 2.29. The molecule has 3 rings (SSSR count). The number of fused-ring (bicyclic) bond motifs is 1. The van der Waals surface area contributed by atoms with Crippen LogP contribution in [0.1, 0.15) is 25.2 Å². The summed E-state index contributed by atoms with van der Waals surface area (Å²) in [4.78, 5) is 28.0. The number of carbonyl (C=O) groups is 2. The highest BCUT2D eigenvalue weighted by molar-refractivity contribution is 8.04. The minimum Gasteiger partial charge on any atom is -0.477 e. The summed E-state index contributed by atoms with van der Waals surface area (Å²) >= 11 is 0.975. The molecule has 0 saturated heterocycles. The number of hydrogen-bond donors (Lipinski definition) is 2. The van der Waals surface area contributed by atoms with E-state index in [4.69, 9.17) is 4.74 Å². The number of carbonyl (C=O) groups excluding carboxylic acids is 1. The fraction of sp³-hybridized carbons (Fsp3) is 0.263. The first-order chi connectivity index (χ1) is 13.5. The van der Waals surface area contributed by atoms with Gasteiger partial charge in [0.05, 0.1) is 6.61 Å². The van der Waals surface area contributed by atoms with E-state index in [1.165, 1.54) is 0 Å². The zero-order chi connectivity index (χ0) is 20.1. The summed E-state index contributed by atoms with van der Waals surface area (Å²) in [7, 11) is 0. The Kier molecular flexibility index (Phi) is 6.15. The van der Waals surface area contributed by atoms with Crippen molar-refractivity contribution >= 4 is 40.7 Å². The second kappa shape index (κ2) is 8.75. The normalized spacial score (nSPS) is 11.7. The van der Waals surface area contributed by atoms with E-state index >= 15 is 0 Å². The third-order valence-electron chi connectivity index (χ3n) is 3.97. The molecule has 0 aliphatic heterocycles. The molecule has 2 heterocycles. The van der Waals surface area contributed by atoms with Crippen molar-refractivity contribution in [3.05, 3.63) is 46.8 Å². The van der Waals surface area contributed by atoms with Crippen LogP contribution in [0.2, 0.25) is 0 Å². The Hall–Kier alpha value is -3.07. The predicted molar refractivity (Wildman–Crippen MR) is 106 cm³/mol. The van der Waals surface area contributed by atoms with Gasteiger partial charge in [-0.1, -0.05) is 25.1 Å². The van der Waals surface area contributed by atoms with Gasteiger partial charge in [0.25, 0.3) is 0 Å². The number of nitrogens with zero attached hydrogens (tertiary/aromatic N) is 3.